The van der Waals surface area contributed by atoms with Crippen LogP contribution in [-0.2, 0) is 12.0 Å². The molecule has 6 nitrogen and oxygen atoms in total. The fourth-order valence-corrected chi connectivity index (χ4v) is 3.02. The molecule has 0 saturated heterocycles. The molecule has 0 bridgehead atoms. The molecule has 2 aromatic carbocycles. The summed E-state index contributed by atoms with van der Waals surface area (Å²) in [5, 5.41) is 5.64. The Bertz CT molecular complexity index is 874. The fraction of sp³-hybridized carbons (Fsp3) is 0.409. The topological polar surface area (TPSA) is 68.8 Å². The van der Waals surface area contributed by atoms with Gasteiger partial charge in [-0.25, -0.2) is 13.6 Å². The lowest BCUT2D eigenvalue weighted by molar-refractivity contribution is 0.0818. The van der Waals surface area contributed by atoms with Crippen LogP contribution in [0.25, 0.3) is 0 Å². The molecule has 0 radical (unpaired) electrons. The average Bonchev–Trinajstić information content (AvgIpc) is 2.75. The second-order valence-electron chi connectivity index (χ2n) is 7.63. The van der Waals surface area contributed by atoms with E-state index < -0.39 is 13.0 Å². The van der Waals surface area contributed by atoms with Crippen molar-refractivity contribution in [1.29, 1.82) is 0 Å². The van der Waals surface area contributed by atoms with Crippen LogP contribution >= 0.6 is 0 Å². The van der Waals surface area contributed by atoms with Crippen molar-refractivity contribution in [2.45, 2.75) is 32.2 Å². The molecule has 8 heteroatoms. The first kappa shape index (κ1) is 21.7. The van der Waals surface area contributed by atoms with Crippen LogP contribution in [0.1, 0.15) is 25.0 Å². The Morgan fingerprint density at radius 2 is 1.87 bits per heavy atom. The molecule has 0 fully saturated rings. The Labute approximate surface area is 174 Å². The summed E-state index contributed by atoms with van der Waals surface area (Å²) in [7, 11) is 0. The summed E-state index contributed by atoms with van der Waals surface area (Å²) in [4.78, 5) is 12.2. The number of alkyl halides is 2. The molecular weight excluding hydrogens is 394 g/mol. The van der Waals surface area contributed by atoms with Crippen LogP contribution < -0.4 is 24.8 Å². The van der Waals surface area contributed by atoms with E-state index in [2.05, 4.69) is 10.6 Å². The van der Waals surface area contributed by atoms with E-state index in [1.165, 1.54) is 0 Å². The zero-order valence-electron chi connectivity index (χ0n) is 17.0. The van der Waals surface area contributed by atoms with Crippen molar-refractivity contribution < 1.29 is 27.8 Å². The van der Waals surface area contributed by atoms with Crippen molar-refractivity contribution in [3.63, 3.8) is 0 Å². The molecule has 0 aliphatic carbocycles. The van der Waals surface area contributed by atoms with Gasteiger partial charge in [0.05, 0.1) is 0 Å². The highest BCUT2D eigenvalue weighted by Gasteiger charge is 2.24. The number of hydrogen-bond donors (Lipinski definition) is 2. The molecule has 3 rings (SSSR count). The van der Waals surface area contributed by atoms with Crippen molar-refractivity contribution in [2.75, 3.05) is 26.4 Å². The summed E-state index contributed by atoms with van der Waals surface area (Å²) in [5.74, 6) is 1.78. The smallest absolute Gasteiger partial charge is 0.315 e. The molecule has 1 aliphatic heterocycles. The predicted octanol–water partition coefficient (Wildman–Crippen LogP) is 3.88. The van der Waals surface area contributed by atoms with Gasteiger partial charge < -0.3 is 24.8 Å². The van der Waals surface area contributed by atoms with E-state index in [0.717, 1.165) is 16.9 Å². The van der Waals surface area contributed by atoms with Crippen LogP contribution in [0.15, 0.2) is 42.5 Å². The average molecular weight is 420 g/mol. The van der Waals surface area contributed by atoms with Gasteiger partial charge in [-0.3, -0.25) is 0 Å². The minimum Gasteiger partial charge on any atom is -0.488 e. The van der Waals surface area contributed by atoms with Gasteiger partial charge in [0.1, 0.15) is 25.6 Å². The standard InChI is InChI=1S/C22H26F2N2O4/c1-22(2,16-6-7-18-19(11-16)29-9-8-28-18)14-26-21(27)25-12-15-4-3-5-17(10-15)30-13-20(23)24/h3-7,10-11,20H,8-9,12-14H2,1-2H3,(H2,25,26,27). The van der Waals surface area contributed by atoms with Crippen molar-refractivity contribution in [2.24, 2.45) is 0 Å². The SMILES string of the molecule is CC(C)(CNC(=O)NCc1cccc(OCC(F)F)c1)c1ccc2c(c1)OCCO2. The first-order chi connectivity index (χ1) is 14.3. The van der Waals surface area contributed by atoms with E-state index >= 15 is 0 Å². The summed E-state index contributed by atoms with van der Waals surface area (Å²) in [6.45, 7) is 5.13. The Hall–Kier alpha value is -3.03. The van der Waals surface area contributed by atoms with Gasteiger partial charge >= 0.3 is 6.03 Å². The van der Waals surface area contributed by atoms with Crippen LogP contribution in [0.4, 0.5) is 13.6 Å². The number of urea groups is 1. The molecule has 2 N–H and O–H groups in total. The fourth-order valence-electron chi connectivity index (χ4n) is 3.02. The molecule has 0 unspecified atom stereocenters. The van der Waals surface area contributed by atoms with Gasteiger partial charge in [0.2, 0.25) is 0 Å². The molecule has 0 aromatic heterocycles. The number of hydrogen-bond acceptors (Lipinski definition) is 4. The highest BCUT2D eigenvalue weighted by Crippen LogP contribution is 2.34. The van der Waals surface area contributed by atoms with E-state index in [1.54, 1.807) is 24.3 Å². The van der Waals surface area contributed by atoms with Crippen molar-refractivity contribution >= 4 is 6.03 Å². The number of ether oxygens (including phenoxy) is 3. The number of fused-ring (bicyclic) bond motifs is 1. The molecule has 2 aromatic rings. The molecule has 1 aliphatic rings. The zero-order chi connectivity index (χ0) is 21.6. The summed E-state index contributed by atoms with van der Waals surface area (Å²) >= 11 is 0. The number of carbonyl (C=O) groups excluding carboxylic acids is 1. The molecule has 1 heterocycles. The molecule has 0 atom stereocenters. The Kier molecular flexibility index (Phi) is 6.97. The molecule has 0 spiro atoms. The summed E-state index contributed by atoms with van der Waals surface area (Å²) in [5.41, 5.74) is 1.45. The highest BCUT2D eigenvalue weighted by molar-refractivity contribution is 5.74. The first-order valence-electron chi connectivity index (χ1n) is 9.75. The van der Waals surface area contributed by atoms with E-state index in [4.69, 9.17) is 14.2 Å². The predicted molar refractivity (Wildman–Crippen MR) is 109 cm³/mol. The van der Waals surface area contributed by atoms with Crippen molar-refractivity contribution in [3.8, 4) is 17.2 Å². The quantitative estimate of drug-likeness (QED) is 0.680. The maximum atomic E-state index is 12.3. The minimum atomic E-state index is -2.53. The second-order valence-corrected chi connectivity index (χ2v) is 7.63. The van der Waals surface area contributed by atoms with Crippen LogP contribution in [-0.4, -0.2) is 38.8 Å². The maximum absolute atomic E-state index is 12.3. The Balaban J connectivity index is 1.50. The number of nitrogens with one attached hydrogen (secondary N) is 2. The summed E-state index contributed by atoms with van der Waals surface area (Å²) in [6.07, 6.45) is -2.53. The number of carbonyl (C=O) groups is 1. The number of halogens is 2. The second kappa shape index (κ2) is 9.65. The third-order valence-electron chi connectivity index (χ3n) is 4.74. The lowest BCUT2D eigenvalue weighted by atomic mass is 9.84. The van der Waals surface area contributed by atoms with Gasteiger partial charge in [0.25, 0.3) is 6.43 Å². The first-order valence-corrected chi connectivity index (χ1v) is 9.75. The van der Waals surface area contributed by atoms with Gasteiger partial charge in [0, 0.05) is 18.5 Å². The molecule has 0 saturated carbocycles. The van der Waals surface area contributed by atoms with Gasteiger partial charge in [0.15, 0.2) is 11.5 Å². The summed E-state index contributed by atoms with van der Waals surface area (Å²) < 4.78 is 40.7. The van der Waals surface area contributed by atoms with E-state index in [-0.39, 0.29) is 18.0 Å². The third-order valence-corrected chi connectivity index (χ3v) is 4.74. The largest absolute Gasteiger partial charge is 0.488 e. The van der Waals surface area contributed by atoms with Gasteiger partial charge in [-0.05, 0) is 35.4 Å². The van der Waals surface area contributed by atoms with Crippen LogP contribution in [0.5, 0.6) is 17.2 Å². The number of amides is 2. The number of rotatable bonds is 8. The summed E-state index contributed by atoms with van der Waals surface area (Å²) in [6, 6.07) is 12.2. The highest BCUT2D eigenvalue weighted by atomic mass is 19.3. The van der Waals surface area contributed by atoms with Crippen LogP contribution in [0.2, 0.25) is 0 Å². The lowest BCUT2D eigenvalue weighted by Crippen LogP contribution is -2.42. The molecule has 2 amide bonds. The zero-order valence-corrected chi connectivity index (χ0v) is 17.0. The normalized spacial score (nSPS) is 13.1. The maximum Gasteiger partial charge on any atom is 0.315 e. The monoisotopic (exact) mass is 420 g/mol. The van der Waals surface area contributed by atoms with Gasteiger partial charge in [-0.15, -0.1) is 0 Å². The third kappa shape index (κ3) is 5.98. The molecule has 30 heavy (non-hydrogen) atoms. The van der Waals surface area contributed by atoms with E-state index in [1.807, 2.05) is 32.0 Å². The van der Waals surface area contributed by atoms with E-state index in [0.29, 0.717) is 31.3 Å². The number of benzene rings is 2. The Morgan fingerprint density at radius 3 is 2.63 bits per heavy atom. The molecule has 162 valence electrons. The van der Waals surface area contributed by atoms with Crippen molar-refractivity contribution in [1.82, 2.24) is 10.6 Å². The van der Waals surface area contributed by atoms with Gasteiger partial charge in [-0.2, -0.15) is 0 Å². The van der Waals surface area contributed by atoms with E-state index in [9.17, 15) is 13.6 Å². The lowest BCUT2D eigenvalue weighted by Gasteiger charge is -2.28. The van der Waals surface area contributed by atoms with Crippen LogP contribution in [0, 0.1) is 0 Å². The van der Waals surface area contributed by atoms with Crippen LogP contribution in [0.3, 0.4) is 0 Å². The van der Waals surface area contributed by atoms with Gasteiger partial charge in [-0.1, -0.05) is 32.0 Å². The minimum absolute atomic E-state index is 0.252. The Morgan fingerprint density at radius 1 is 1.10 bits per heavy atom. The molecular formula is C22H26F2N2O4. The van der Waals surface area contributed by atoms with Crippen molar-refractivity contribution in [3.05, 3.63) is 53.6 Å².